The Labute approximate surface area is 390 Å². The third kappa shape index (κ3) is 33.7. The Bertz CT molecular complexity index is 1280. The molecule has 0 radical (unpaired) electrons. The minimum absolute atomic E-state index is 0.163. The molecule has 1 heterocycles. The van der Waals surface area contributed by atoms with Gasteiger partial charge in [-0.2, -0.15) is 8.42 Å². The lowest BCUT2D eigenvalue weighted by Crippen LogP contribution is -2.61. The van der Waals surface area contributed by atoms with Crippen LogP contribution in [0.5, 0.6) is 0 Å². The summed E-state index contributed by atoms with van der Waals surface area (Å²) in [6, 6.07) is -0.974. The van der Waals surface area contributed by atoms with E-state index in [2.05, 4.69) is 35.5 Å². The predicted octanol–water partition coefficient (Wildman–Crippen LogP) is 11.1. The van der Waals surface area contributed by atoms with Gasteiger partial charge in [0.15, 0.2) is 6.29 Å². The van der Waals surface area contributed by atoms with E-state index in [1.807, 2.05) is 18.2 Å². The molecule has 376 valence electrons. The Balaban J connectivity index is 2.43. The number of aliphatic hydroxyl groups excluding tert-OH is 4. The van der Waals surface area contributed by atoms with Crippen molar-refractivity contribution in [3.8, 4) is 0 Å². The van der Waals surface area contributed by atoms with E-state index in [-0.39, 0.29) is 18.9 Å². The number of allylic oxidation sites excluding steroid dienone is 5. The van der Waals surface area contributed by atoms with E-state index in [0.717, 1.165) is 32.1 Å². The summed E-state index contributed by atoms with van der Waals surface area (Å²) in [6.07, 6.45) is 42.1. The second-order valence-electron chi connectivity index (χ2n) is 18.1. The van der Waals surface area contributed by atoms with E-state index in [1.54, 1.807) is 6.08 Å². The molecule has 0 aromatic heterocycles. The van der Waals surface area contributed by atoms with Crippen molar-refractivity contribution < 1.29 is 51.8 Å². The highest BCUT2D eigenvalue weighted by Gasteiger charge is 2.48. The standard InChI is InChI=1S/C51H95NO11S/c1-3-5-7-9-11-13-15-17-18-19-20-21-22-23-24-25-26-27-29-30-32-34-36-38-40-45(54)44(43-61-51-49(57)50(63-64(58,59)60)48(56)46(42-53)62-51)52-47(55)41-39-37-35-33-31-28-16-14-12-10-8-6-4-2/h28,31,35,37-38,40,44-46,48-51,53-54,56-57H,3-27,29-30,32-34,36,39,41-43H2,1-2H3,(H,52,55)(H,58,59,60)/b31-28-,37-35-,40-38+. The van der Waals surface area contributed by atoms with E-state index in [0.29, 0.717) is 6.42 Å². The lowest BCUT2D eigenvalue weighted by molar-refractivity contribution is -0.298. The van der Waals surface area contributed by atoms with Crippen LogP contribution in [-0.4, -0.2) is 95.4 Å². The molecule has 64 heavy (non-hydrogen) atoms. The zero-order chi connectivity index (χ0) is 46.9. The van der Waals surface area contributed by atoms with Crippen LogP contribution in [0.4, 0.5) is 0 Å². The molecule has 6 N–H and O–H groups in total. The highest BCUT2D eigenvalue weighted by molar-refractivity contribution is 7.80. The minimum Gasteiger partial charge on any atom is -0.394 e. The quantitative estimate of drug-likeness (QED) is 0.0194. The zero-order valence-corrected chi connectivity index (χ0v) is 41.2. The molecule has 12 nitrogen and oxygen atoms in total. The molecule has 0 spiro atoms. The number of hydrogen-bond acceptors (Lipinski definition) is 10. The lowest BCUT2D eigenvalue weighted by atomic mass is 9.99. The molecule has 7 unspecified atom stereocenters. The van der Waals surface area contributed by atoms with Crippen LogP contribution in [0.3, 0.4) is 0 Å². The van der Waals surface area contributed by atoms with Crippen LogP contribution in [0.1, 0.15) is 226 Å². The van der Waals surface area contributed by atoms with Gasteiger partial charge in [-0.05, 0) is 38.5 Å². The maximum Gasteiger partial charge on any atom is 0.397 e. The normalized spacial score (nSPS) is 20.5. The van der Waals surface area contributed by atoms with Crippen molar-refractivity contribution in [2.75, 3.05) is 13.2 Å². The number of unbranched alkanes of at least 4 members (excludes halogenated alkanes) is 28. The van der Waals surface area contributed by atoms with Crippen LogP contribution >= 0.6 is 0 Å². The fourth-order valence-corrected chi connectivity index (χ4v) is 8.66. The van der Waals surface area contributed by atoms with Crippen molar-refractivity contribution in [3.63, 3.8) is 0 Å². The zero-order valence-electron chi connectivity index (χ0n) is 40.3. The van der Waals surface area contributed by atoms with Crippen LogP contribution in [-0.2, 0) is 28.9 Å². The van der Waals surface area contributed by atoms with E-state index >= 15 is 0 Å². The summed E-state index contributed by atoms with van der Waals surface area (Å²) >= 11 is 0. The number of carbonyl (C=O) groups excluding carboxylic acids is 1. The van der Waals surface area contributed by atoms with Gasteiger partial charge in [-0.25, -0.2) is 4.18 Å². The second kappa shape index (κ2) is 41.5. The van der Waals surface area contributed by atoms with E-state index in [9.17, 15) is 38.2 Å². The molecule has 13 heteroatoms. The molecule has 0 aliphatic carbocycles. The Kier molecular flexibility index (Phi) is 39.1. The summed E-state index contributed by atoms with van der Waals surface area (Å²) < 4.78 is 47.6. The maximum atomic E-state index is 13.0. The molecule has 0 aromatic rings. The van der Waals surface area contributed by atoms with Crippen molar-refractivity contribution in [1.29, 1.82) is 0 Å². The summed E-state index contributed by atoms with van der Waals surface area (Å²) in [5.41, 5.74) is 0. The summed E-state index contributed by atoms with van der Waals surface area (Å²) in [4.78, 5) is 13.0. The first-order chi connectivity index (χ1) is 31.0. The first-order valence-corrected chi connectivity index (χ1v) is 27.2. The highest BCUT2D eigenvalue weighted by Crippen LogP contribution is 2.26. The van der Waals surface area contributed by atoms with Crippen molar-refractivity contribution in [3.05, 3.63) is 36.5 Å². The van der Waals surface area contributed by atoms with Gasteiger partial charge in [-0.3, -0.25) is 9.35 Å². The molecule has 1 saturated heterocycles. The lowest BCUT2D eigenvalue weighted by Gasteiger charge is -2.41. The van der Waals surface area contributed by atoms with Gasteiger partial charge >= 0.3 is 10.4 Å². The topological polar surface area (TPSA) is 192 Å². The molecule has 1 aliphatic rings. The number of rotatable bonds is 44. The van der Waals surface area contributed by atoms with Crippen LogP contribution in [0.15, 0.2) is 36.5 Å². The molecular weight excluding hydrogens is 835 g/mol. The van der Waals surface area contributed by atoms with Crippen LogP contribution in [0.25, 0.3) is 0 Å². The average molecular weight is 930 g/mol. The van der Waals surface area contributed by atoms with Gasteiger partial charge < -0.3 is 35.2 Å². The highest BCUT2D eigenvalue weighted by atomic mass is 32.3. The van der Waals surface area contributed by atoms with Crippen molar-refractivity contribution >= 4 is 16.3 Å². The first-order valence-electron chi connectivity index (χ1n) is 25.9. The number of nitrogens with one attached hydrogen (secondary N) is 1. The number of carbonyl (C=O) groups is 1. The SMILES string of the molecule is CCCCCCCC/C=C\C/C=C\CCC(=O)NC(COC1OC(CO)C(O)C(OS(=O)(=O)O)C1O)C(O)/C=C/CCCCCCCCCCCCCCCCCCCCCCCC. The molecular formula is C51H95NO11S. The van der Waals surface area contributed by atoms with Crippen LogP contribution in [0, 0.1) is 0 Å². The number of amides is 1. The summed E-state index contributed by atoms with van der Waals surface area (Å²) in [7, 11) is -5.09. The molecule has 0 aromatic carbocycles. The second-order valence-corrected chi connectivity index (χ2v) is 19.2. The number of hydrogen-bond donors (Lipinski definition) is 6. The Morgan fingerprint density at radius 2 is 1.05 bits per heavy atom. The molecule has 1 fully saturated rings. The van der Waals surface area contributed by atoms with Gasteiger partial charge in [0.2, 0.25) is 5.91 Å². The fourth-order valence-electron chi connectivity index (χ4n) is 8.15. The maximum absolute atomic E-state index is 13.0. The van der Waals surface area contributed by atoms with Crippen LogP contribution < -0.4 is 5.32 Å². The van der Waals surface area contributed by atoms with E-state index < -0.39 is 59.9 Å². The predicted molar refractivity (Wildman–Crippen MR) is 259 cm³/mol. The Morgan fingerprint density at radius 1 is 0.625 bits per heavy atom. The van der Waals surface area contributed by atoms with Gasteiger partial charge in [0.05, 0.1) is 25.4 Å². The third-order valence-corrected chi connectivity index (χ3v) is 12.6. The smallest absolute Gasteiger partial charge is 0.394 e. The average Bonchev–Trinajstić information content (AvgIpc) is 3.27. The summed E-state index contributed by atoms with van der Waals surface area (Å²) in [6.45, 7) is 3.36. The Hall–Kier alpha value is -1.68. The van der Waals surface area contributed by atoms with E-state index in [4.69, 9.17) is 9.47 Å². The largest absolute Gasteiger partial charge is 0.397 e. The Morgan fingerprint density at radius 3 is 1.48 bits per heavy atom. The van der Waals surface area contributed by atoms with Gasteiger partial charge in [0, 0.05) is 6.42 Å². The molecule has 0 saturated carbocycles. The minimum atomic E-state index is -5.09. The summed E-state index contributed by atoms with van der Waals surface area (Å²) in [5, 5.41) is 44.7. The molecule has 1 amide bonds. The monoisotopic (exact) mass is 930 g/mol. The molecule has 1 rings (SSSR count). The first kappa shape index (κ1) is 60.3. The molecule has 0 bridgehead atoms. The van der Waals surface area contributed by atoms with Gasteiger partial charge in [-0.15, -0.1) is 0 Å². The number of aliphatic hydroxyl groups is 4. The van der Waals surface area contributed by atoms with Gasteiger partial charge in [-0.1, -0.05) is 217 Å². The fraction of sp³-hybridized carbons (Fsp3) is 0.863. The van der Waals surface area contributed by atoms with Crippen molar-refractivity contribution in [2.45, 2.75) is 269 Å². The molecule has 1 aliphatic heterocycles. The third-order valence-electron chi connectivity index (χ3n) is 12.2. The van der Waals surface area contributed by atoms with Gasteiger partial charge in [0.1, 0.15) is 24.4 Å². The van der Waals surface area contributed by atoms with Crippen molar-refractivity contribution in [2.24, 2.45) is 0 Å². The van der Waals surface area contributed by atoms with E-state index in [1.165, 1.54) is 167 Å². The summed E-state index contributed by atoms with van der Waals surface area (Å²) in [5.74, 6) is -0.328. The van der Waals surface area contributed by atoms with Crippen molar-refractivity contribution in [1.82, 2.24) is 5.32 Å². The van der Waals surface area contributed by atoms with Crippen LogP contribution in [0.2, 0.25) is 0 Å². The molecule has 7 atom stereocenters. The van der Waals surface area contributed by atoms with Gasteiger partial charge in [0.25, 0.3) is 0 Å². The number of ether oxygens (including phenoxy) is 2.